The number of thiophene rings is 1. The van der Waals surface area contributed by atoms with E-state index in [0.717, 1.165) is 15.8 Å². The van der Waals surface area contributed by atoms with E-state index in [2.05, 4.69) is 11.8 Å². The first-order chi connectivity index (χ1) is 6.22. The number of carboxylic acid groups (broad SMARTS) is 1. The SMILES string of the molecule is CC#Cc1ccc(/C=C/C(=O)O)s1. The molecule has 1 heterocycles. The zero-order valence-corrected chi connectivity index (χ0v) is 7.89. The van der Waals surface area contributed by atoms with Crippen LogP contribution >= 0.6 is 11.3 Å². The average molecular weight is 192 g/mol. The molecule has 3 heteroatoms. The van der Waals surface area contributed by atoms with Gasteiger partial charge in [-0.15, -0.1) is 17.3 Å². The number of hydrogen-bond donors (Lipinski definition) is 1. The fourth-order valence-corrected chi connectivity index (χ4v) is 1.60. The molecule has 0 spiro atoms. The molecule has 0 atom stereocenters. The predicted octanol–water partition coefficient (Wildman–Crippen LogP) is 2.22. The van der Waals surface area contributed by atoms with Crippen molar-refractivity contribution in [2.45, 2.75) is 6.92 Å². The Morgan fingerprint density at radius 1 is 1.62 bits per heavy atom. The van der Waals surface area contributed by atoms with E-state index in [1.54, 1.807) is 13.0 Å². The molecule has 0 saturated heterocycles. The number of carboxylic acids is 1. The van der Waals surface area contributed by atoms with Crippen LogP contribution in [0.15, 0.2) is 18.2 Å². The lowest BCUT2D eigenvalue weighted by atomic mass is 10.4. The summed E-state index contributed by atoms with van der Waals surface area (Å²) in [5.74, 6) is 4.75. The fraction of sp³-hybridized carbons (Fsp3) is 0.100. The summed E-state index contributed by atoms with van der Waals surface area (Å²) in [7, 11) is 0. The molecule has 0 saturated carbocycles. The van der Waals surface area contributed by atoms with Gasteiger partial charge in [-0.3, -0.25) is 0 Å². The highest BCUT2D eigenvalue weighted by molar-refractivity contribution is 7.13. The lowest BCUT2D eigenvalue weighted by molar-refractivity contribution is -0.131. The van der Waals surface area contributed by atoms with Crippen LogP contribution in [0.3, 0.4) is 0 Å². The Morgan fingerprint density at radius 3 is 3.00 bits per heavy atom. The van der Waals surface area contributed by atoms with Crippen molar-refractivity contribution in [3.05, 3.63) is 28.0 Å². The highest BCUT2D eigenvalue weighted by Gasteiger charge is 1.94. The summed E-state index contributed by atoms with van der Waals surface area (Å²) in [5, 5.41) is 8.37. The summed E-state index contributed by atoms with van der Waals surface area (Å²) in [6.45, 7) is 1.77. The molecule has 1 N–H and O–H groups in total. The smallest absolute Gasteiger partial charge is 0.328 e. The van der Waals surface area contributed by atoms with E-state index in [-0.39, 0.29) is 0 Å². The first kappa shape index (κ1) is 9.56. The molecule has 13 heavy (non-hydrogen) atoms. The summed E-state index contributed by atoms with van der Waals surface area (Å²) >= 11 is 1.48. The predicted molar refractivity (Wildman–Crippen MR) is 53.5 cm³/mol. The van der Waals surface area contributed by atoms with Crippen molar-refractivity contribution in [2.24, 2.45) is 0 Å². The lowest BCUT2D eigenvalue weighted by Gasteiger charge is -1.80. The van der Waals surface area contributed by atoms with Gasteiger partial charge in [-0.2, -0.15) is 0 Å². The van der Waals surface area contributed by atoms with Crippen LogP contribution in [0.4, 0.5) is 0 Å². The molecule has 0 fully saturated rings. The molecule has 2 nitrogen and oxygen atoms in total. The summed E-state index contributed by atoms with van der Waals surface area (Å²) in [6, 6.07) is 3.73. The van der Waals surface area contributed by atoms with Crippen molar-refractivity contribution in [1.29, 1.82) is 0 Å². The normalized spacial score (nSPS) is 9.62. The van der Waals surface area contributed by atoms with E-state index in [1.807, 2.05) is 12.1 Å². The zero-order chi connectivity index (χ0) is 9.68. The van der Waals surface area contributed by atoms with E-state index in [4.69, 9.17) is 5.11 Å². The summed E-state index contributed by atoms with van der Waals surface area (Å²) in [5.41, 5.74) is 0. The van der Waals surface area contributed by atoms with Crippen molar-refractivity contribution in [3.63, 3.8) is 0 Å². The quantitative estimate of drug-likeness (QED) is 0.576. The third kappa shape index (κ3) is 3.14. The molecule has 0 aromatic carbocycles. The second-order valence-electron chi connectivity index (χ2n) is 2.25. The van der Waals surface area contributed by atoms with Crippen LogP contribution in [0.25, 0.3) is 6.08 Å². The topological polar surface area (TPSA) is 37.3 Å². The second kappa shape index (κ2) is 4.48. The van der Waals surface area contributed by atoms with Crippen molar-refractivity contribution >= 4 is 23.4 Å². The highest BCUT2D eigenvalue weighted by atomic mass is 32.1. The largest absolute Gasteiger partial charge is 0.478 e. The Balaban J connectivity index is 2.78. The summed E-state index contributed by atoms with van der Waals surface area (Å²) < 4.78 is 0. The van der Waals surface area contributed by atoms with Crippen molar-refractivity contribution in [2.75, 3.05) is 0 Å². The molecule has 0 bridgehead atoms. The van der Waals surface area contributed by atoms with Crippen LogP contribution in [-0.2, 0) is 4.79 Å². The van der Waals surface area contributed by atoms with E-state index < -0.39 is 5.97 Å². The van der Waals surface area contributed by atoms with Crippen LogP contribution in [0, 0.1) is 11.8 Å². The minimum atomic E-state index is -0.934. The fourth-order valence-electron chi connectivity index (χ4n) is 0.786. The van der Waals surface area contributed by atoms with Crippen molar-refractivity contribution in [1.82, 2.24) is 0 Å². The molecule has 0 aliphatic rings. The van der Waals surface area contributed by atoms with Gasteiger partial charge in [0.05, 0.1) is 4.88 Å². The van der Waals surface area contributed by atoms with E-state index in [1.165, 1.54) is 11.3 Å². The third-order valence-electron chi connectivity index (χ3n) is 1.27. The molecule has 1 aromatic rings. The summed E-state index contributed by atoms with van der Waals surface area (Å²) in [6.07, 6.45) is 2.68. The molecule has 66 valence electrons. The monoisotopic (exact) mass is 192 g/mol. The molecule has 0 radical (unpaired) electrons. The van der Waals surface area contributed by atoms with Crippen molar-refractivity contribution < 1.29 is 9.90 Å². The second-order valence-corrected chi connectivity index (χ2v) is 3.36. The Morgan fingerprint density at radius 2 is 2.38 bits per heavy atom. The van der Waals surface area contributed by atoms with E-state index in [9.17, 15) is 4.79 Å². The maximum absolute atomic E-state index is 10.2. The molecule has 1 aromatic heterocycles. The summed E-state index contributed by atoms with van der Waals surface area (Å²) in [4.78, 5) is 12.0. The number of aliphatic carboxylic acids is 1. The first-order valence-electron chi connectivity index (χ1n) is 3.66. The molecule has 0 unspecified atom stereocenters. The number of carbonyl (C=O) groups is 1. The maximum Gasteiger partial charge on any atom is 0.328 e. The molecule has 0 aliphatic carbocycles. The van der Waals surface area contributed by atoms with Gasteiger partial charge in [0.2, 0.25) is 0 Å². The van der Waals surface area contributed by atoms with Crippen molar-refractivity contribution in [3.8, 4) is 11.8 Å². The average Bonchev–Trinajstić information content (AvgIpc) is 2.50. The zero-order valence-electron chi connectivity index (χ0n) is 7.07. The Labute approximate surface area is 80.5 Å². The van der Waals surface area contributed by atoms with Gasteiger partial charge < -0.3 is 5.11 Å². The van der Waals surface area contributed by atoms with E-state index in [0.29, 0.717) is 0 Å². The first-order valence-corrected chi connectivity index (χ1v) is 4.47. The Hall–Kier alpha value is -1.53. The van der Waals surface area contributed by atoms with Gasteiger partial charge in [0.25, 0.3) is 0 Å². The Bertz CT molecular complexity index is 391. The molecule has 1 rings (SSSR count). The maximum atomic E-state index is 10.2. The molecular formula is C10H8O2S. The molecule has 0 aliphatic heterocycles. The van der Waals surface area contributed by atoms with Crippen LogP contribution in [0.5, 0.6) is 0 Å². The molecular weight excluding hydrogens is 184 g/mol. The van der Waals surface area contributed by atoms with Gasteiger partial charge in [-0.25, -0.2) is 4.79 Å². The van der Waals surface area contributed by atoms with Gasteiger partial charge in [-0.1, -0.05) is 5.92 Å². The highest BCUT2D eigenvalue weighted by Crippen LogP contribution is 2.16. The lowest BCUT2D eigenvalue weighted by Crippen LogP contribution is -1.84. The number of rotatable bonds is 2. The van der Waals surface area contributed by atoms with Crippen LogP contribution in [-0.4, -0.2) is 11.1 Å². The van der Waals surface area contributed by atoms with Crippen LogP contribution < -0.4 is 0 Å². The number of hydrogen-bond acceptors (Lipinski definition) is 2. The van der Waals surface area contributed by atoms with Gasteiger partial charge >= 0.3 is 5.97 Å². The van der Waals surface area contributed by atoms with Crippen LogP contribution in [0.2, 0.25) is 0 Å². The van der Waals surface area contributed by atoms with Gasteiger partial charge in [0, 0.05) is 11.0 Å². The minimum absolute atomic E-state index is 0.903. The van der Waals surface area contributed by atoms with Gasteiger partial charge in [-0.05, 0) is 25.1 Å². The van der Waals surface area contributed by atoms with Crippen LogP contribution in [0.1, 0.15) is 16.7 Å². The van der Waals surface area contributed by atoms with Gasteiger partial charge in [0.15, 0.2) is 0 Å². The Kier molecular flexibility index (Phi) is 3.30. The standard InChI is InChI=1S/C10H8O2S/c1-2-3-8-4-5-9(13-8)6-7-10(11)12/h4-7H,1H3,(H,11,12)/b7-6+. The minimum Gasteiger partial charge on any atom is -0.478 e. The van der Waals surface area contributed by atoms with Gasteiger partial charge in [0.1, 0.15) is 0 Å². The third-order valence-corrected chi connectivity index (χ3v) is 2.23. The molecule has 0 amide bonds. The van der Waals surface area contributed by atoms with E-state index >= 15 is 0 Å².